The minimum Gasteiger partial charge on any atom is -0.460 e. The maximum Gasteiger partial charge on any atom is 0.308 e. The highest BCUT2D eigenvalue weighted by Gasteiger charge is 2.33. The molecule has 2 N–H and O–H groups in total. The third-order valence-corrected chi connectivity index (χ3v) is 7.12. The van der Waals surface area contributed by atoms with Gasteiger partial charge in [0.1, 0.15) is 22.5 Å². The maximum absolute atomic E-state index is 12.8. The van der Waals surface area contributed by atoms with Crippen LogP contribution in [0.25, 0.3) is 5.00 Å². The molecule has 4 rings (SSSR count). The lowest BCUT2D eigenvalue weighted by Gasteiger charge is -2.21. The van der Waals surface area contributed by atoms with Gasteiger partial charge in [-0.2, -0.15) is 0 Å². The first kappa shape index (κ1) is 25.6. The van der Waals surface area contributed by atoms with Crippen LogP contribution in [0.1, 0.15) is 78.4 Å². The minimum absolute atomic E-state index is 0.0710. The molecule has 0 saturated heterocycles. The predicted molar refractivity (Wildman–Crippen MR) is 140 cm³/mol. The van der Waals surface area contributed by atoms with E-state index >= 15 is 0 Å². The molecule has 0 radical (unpaired) electrons. The van der Waals surface area contributed by atoms with Crippen LogP contribution in [0.5, 0.6) is 0 Å². The highest BCUT2D eigenvalue weighted by atomic mass is 32.1. The first-order chi connectivity index (χ1) is 17.1. The van der Waals surface area contributed by atoms with E-state index in [1.165, 1.54) is 4.88 Å². The number of rotatable bonds is 5. The monoisotopic (exact) mass is 505 g/mol. The van der Waals surface area contributed by atoms with E-state index in [1.807, 2.05) is 37.7 Å². The second-order valence-electron chi connectivity index (χ2n) is 9.80. The number of fused-ring (bicyclic) bond motifs is 3. The fourth-order valence-electron chi connectivity index (χ4n) is 4.20. The van der Waals surface area contributed by atoms with Gasteiger partial charge in [0.15, 0.2) is 5.82 Å². The number of aliphatic imine (C=N–C) groups is 1. The summed E-state index contributed by atoms with van der Waals surface area (Å²) in [5.74, 6) is 3.93. The van der Waals surface area contributed by atoms with Crippen LogP contribution in [0.4, 0.5) is 0 Å². The molecule has 3 heterocycles. The normalized spacial score (nSPS) is 14.6. The molecule has 0 bridgehead atoms. The number of nitrogens with zero attached hydrogens (tertiary/aromatic N) is 4. The van der Waals surface area contributed by atoms with E-state index in [0.29, 0.717) is 12.2 Å². The van der Waals surface area contributed by atoms with Crippen LogP contribution < -0.4 is 5.48 Å². The number of hydrogen-bond acceptors (Lipinski definition) is 8. The highest BCUT2D eigenvalue weighted by Crippen LogP contribution is 2.39. The van der Waals surface area contributed by atoms with Crippen molar-refractivity contribution in [3.63, 3.8) is 0 Å². The van der Waals surface area contributed by atoms with E-state index in [1.54, 1.807) is 11.3 Å². The third-order valence-electron chi connectivity index (χ3n) is 5.93. The smallest absolute Gasteiger partial charge is 0.308 e. The number of ether oxygens (including phenoxy) is 1. The van der Waals surface area contributed by atoms with Gasteiger partial charge in [-0.1, -0.05) is 30.2 Å². The number of carbonyl (C=O) groups is 1. The van der Waals surface area contributed by atoms with E-state index in [9.17, 15) is 4.79 Å². The molecule has 0 saturated carbocycles. The van der Waals surface area contributed by atoms with E-state index < -0.39 is 11.6 Å². The number of esters is 1. The van der Waals surface area contributed by atoms with Gasteiger partial charge in [0.2, 0.25) is 0 Å². The van der Waals surface area contributed by atoms with Gasteiger partial charge in [0, 0.05) is 28.5 Å². The van der Waals surface area contributed by atoms with Gasteiger partial charge < -0.3 is 4.74 Å². The van der Waals surface area contributed by atoms with E-state index in [2.05, 4.69) is 60.3 Å². The molecule has 1 atom stereocenters. The van der Waals surface area contributed by atoms with Crippen LogP contribution in [0.15, 0.2) is 29.3 Å². The van der Waals surface area contributed by atoms with Gasteiger partial charge in [-0.3, -0.25) is 19.6 Å². The largest absolute Gasteiger partial charge is 0.460 e. The number of hydroxylamine groups is 1. The summed E-state index contributed by atoms with van der Waals surface area (Å²) in [4.78, 5) is 19.2. The number of aryl methyl sites for hydroxylation is 3. The number of carbonyl (C=O) groups excluding carboxylic acids is 1. The lowest BCUT2D eigenvalue weighted by molar-refractivity contribution is -0.155. The summed E-state index contributed by atoms with van der Waals surface area (Å²) >= 11 is 1.68. The van der Waals surface area contributed by atoms with Crippen LogP contribution in [0, 0.1) is 32.7 Å². The standard InChI is InChI=1S/C27H31N5O3S/c1-16-17(2)36-26-23(16)24(20-12-10-19(11-13-20)9-7-8-14-28-34)29-21(15-22(33)35-27(4,5)6)25-31-30-18(3)32(25)26/h10-13,21,28,34H,7,9,15H2,1-6H3/t21-/m1/s1. The van der Waals surface area contributed by atoms with E-state index in [0.717, 1.165) is 45.2 Å². The van der Waals surface area contributed by atoms with Gasteiger partial charge >= 0.3 is 5.97 Å². The Balaban J connectivity index is 1.79. The Hall–Kier alpha value is -3.48. The molecule has 3 aromatic rings. The molecular formula is C27H31N5O3S. The number of benzene rings is 1. The van der Waals surface area contributed by atoms with Crippen molar-refractivity contribution in [1.82, 2.24) is 20.2 Å². The Bertz CT molecular complexity index is 1370. The Morgan fingerprint density at radius 1 is 1.19 bits per heavy atom. The number of hydrogen-bond donors (Lipinski definition) is 2. The summed E-state index contributed by atoms with van der Waals surface area (Å²) in [7, 11) is 0. The van der Waals surface area contributed by atoms with Crippen molar-refractivity contribution in [3.8, 4) is 17.0 Å². The molecule has 188 valence electrons. The van der Waals surface area contributed by atoms with Crippen molar-refractivity contribution in [1.29, 1.82) is 0 Å². The Morgan fingerprint density at radius 3 is 2.58 bits per heavy atom. The molecular weight excluding hydrogens is 474 g/mol. The summed E-state index contributed by atoms with van der Waals surface area (Å²) in [6.45, 7) is 11.7. The van der Waals surface area contributed by atoms with Crippen LogP contribution in [0.3, 0.4) is 0 Å². The zero-order valence-electron chi connectivity index (χ0n) is 21.5. The van der Waals surface area contributed by atoms with Crippen molar-refractivity contribution >= 4 is 23.0 Å². The molecule has 0 fully saturated rings. The third kappa shape index (κ3) is 5.35. The summed E-state index contributed by atoms with van der Waals surface area (Å²) in [5, 5.41) is 18.4. The Labute approximate surface area is 215 Å². The average Bonchev–Trinajstić information content (AvgIpc) is 3.28. The molecule has 1 aliphatic rings. The predicted octanol–water partition coefficient (Wildman–Crippen LogP) is 4.75. The van der Waals surface area contributed by atoms with Crippen LogP contribution in [0.2, 0.25) is 0 Å². The zero-order valence-corrected chi connectivity index (χ0v) is 22.3. The molecule has 36 heavy (non-hydrogen) atoms. The van der Waals surface area contributed by atoms with E-state index in [-0.39, 0.29) is 12.4 Å². The molecule has 0 aliphatic carbocycles. The van der Waals surface area contributed by atoms with Gasteiger partial charge in [0.25, 0.3) is 0 Å². The summed E-state index contributed by atoms with van der Waals surface area (Å²) < 4.78 is 7.66. The van der Waals surface area contributed by atoms with Gasteiger partial charge in [-0.05, 0) is 59.1 Å². The molecule has 2 aromatic heterocycles. The molecule has 8 nitrogen and oxygen atoms in total. The van der Waals surface area contributed by atoms with Gasteiger partial charge in [-0.25, -0.2) is 5.48 Å². The highest BCUT2D eigenvalue weighted by molar-refractivity contribution is 7.15. The second kappa shape index (κ2) is 10.2. The minimum atomic E-state index is -0.586. The number of thiophene rings is 1. The zero-order chi connectivity index (χ0) is 26.0. The van der Waals surface area contributed by atoms with Crippen LogP contribution in [-0.2, 0) is 16.0 Å². The molecule has 0 amide bonds. The first-order valence-electron chi connectivity index (χ1n) is 11.9. The summed E-state index contributed by atoms with van der Waals surface area (Å²) in [6.07, 6.45) is 1.47. The van der Waals surface area contributed by atoms with Crippen LogP contribution >= 0.6 is 11.3 Å². The molecule has 1 aliphatic heterocycles. The Kier molecular flexibility index (Phi) is 7.29. The molecule has 0 spiro atoms. The fourth-order valence-corrected chi connectivity index (χ4v) is 5.42. The number of nitrogens with one attached hydrogen (secondary N) is 1. The van der Waals surface area contributed by atoms with E-state index in [4.69, 9.17) is 14.9 Å². The van der Waals surface area contributed by atoms with Crippen molar-refractivity contribution in [2.24, 2.45) is 4.99 Å². The van der Waals surface area contributed by atoms with Crippen molar-refractivity contribution < 1.29 is 14.7 Å². The quantitative estimate of drug-likeness (QED) is 0.225. The lowest BCUT2D eigenvalue weighted by atomic mass is 9.98. The molecule has 0 unspecified atom stereocenters. The van der Waals surface area contributed by atoms with Gasteiger partial charge in [-0.15, -0.1) is 21.5 Å². The van der Waals surface area contributed by atoms with Crippen LogP contribution in [-0.4, -0.2) is 37.3 Å². The summed E-state index contributed by atoms with van der Waals surface area (Å²) in [6, 6.07) is 10.2. The Morgan fingerprint density at radius 2 is 1.92 bits per heavy atom. The second-order valence-corrected chi connectivity index (χ2v) is 11.0. The maximum atomic E-state index is 12.8. The van der Waals surface area contributed by atoms with Crippen molar-refractivity contribution in [2.75, 3.05) is 0 Å². The topological polar surface area (TPSA) is 102 Å². The fraction of sp³-hybridized carbons (Fsp3) is 0.407. The lowest BCUT2D eigenvalue weighted by Crippen LogP contribution is -2.25. The van der Waals surface area contributed by atoms with Gasteiger partial charge in [0.05, 0.1) is 12.1 Å². The first-order valence-corrected chi connectivity index (χ1v) is 12.7. The molecule has 1 aromatic carbocycles. The number of aromatic nitrogens is 3. The molecule has 9 heteroatoms. The summed E-state index contributed by atoms with van der Waals surface area (Å²) in [5.41, 5.74) is 6.40. The average molecular weight is 506 g/mol. The van der Waals surface area contributed by atoms with Crippen molar-refractivity contribution in [3.05, 3.63) is 63.0 Å². The SMILES string of the molecule is Cc1sc2c(c1C)C(c1ccc(CCC#CNO)cc1)=N[C@H](CC(=O)OC(C)(C)C)c1nnc(C)n1-2. The van der Waals surface area contributed by atoms with Crippen molar-refractivity contribution in [2.45, 2.75) is 72.4 Å².